The first-order valence-electron chi connectivity index (χ1n) is 10.5. The van der Waals surface area contributed by atoms with E-state index in [1.54, 1.807) is 0 Å². The van der Waals surface area contributed by atoms with Crippen molar-refractivity contribution < 1.29 is 9.59 Å². The highest BCUT2D eigenvalue weighted by molar-refractivity contribution is 5.94. The third-order valence-corrected chi connectivity index (χ3v) is 5.65. The molecule has 2 amide bonds. The van der Waals surface area contributed by atoms with Crippen LogP contribution in [0.1, 0.15) is 36.2 Å². The highest BCUT2D eigenvalue weighted by Crippen LogP contribution is 2.12. The fourth-order valence-electron chi connectivity index (χ4n) is 3.70. The zero-order valence-corrected chi connectivity index (χ0v) is 17.4. The van der Waals surface area contributed by atoms with Gasteiger partial charge in [-0.05, 0) is 44.4 Å². The molecule has 0 bridgehead atoms. The Morgan fingerprint density at radius 1 is 0.897 bits per heavy atom. The summed E-state index contributed by atoms with van der Waals surface area (Å²) >= 11 is 0. The van der Waals surface area contributed by atoms with Crippen LogP contribution < -0.4 is 5.32 Å². The van der Waals surface area contributed by atoms with Gasteiger partial charge in [-0.1, -0.05) is 48.5 Å². The van der Waals surface area contributed by atoms with Gasteiger partial charge in [0.1, 0.15) is 0 Å². The molecule has 29 heavy (non-hydrogen) atoms. The molecule has 1 fully saturated rings. The normalized spacial score (nSPS) is 16.8. The summed E-state index contributed by atoms with van der Waals surface area (Å²) in [7, 11) is 0. The van der Waals surface area contributed by atoms with E-state index in [1.165, 1.54) is 5.56 Å². The second-order valence-corrected chi connectivity index (χ2v) is 7.80. The number of carbonyl (C=O) groups excluding carboxylic acids is 2. The van der Waals surface area contributed by atoms with Gasteiger partial charge in [-0.2, -0.15) is 0 Å². The molecule has 5 nitrogen and oxygen atoms in total. The number of aryl methyl sites for hydroxylation is 1. The number of amides is 2. The third kappa shape index (κ3) is 5.91. The molecule has 2 atom stereocenters. The number of rotatable bonds is 7. The van der Waals surface area contributed by atoms with Crippen molar-refractivity contribution in [1.29, 1.82) is 0 Å². The van der Waals surface area contributed by atoms with E-state index in [9.17, 15) is 9.59 Å². The van der Waals surface area contributed by atoms with Crippen LogP contribution in [-0.4, -0.2) is 59.9 Å². The van der Waals surface area contributed by atoms with Gasteiger partial charge >= 0.3 is 0 Å². The lowest BCUT2D eigenvalue weighted by Gasteiger charge is -2.37. The molecule has 0 aromatic heterocycles. The Morgan fingerprint density at radius 2 is 1.48 bits per heavy atom. The van der Waals surface area contributed by atoms with Crippen LogP contribution in [0.3, 0.4) is 0 Å². The number of nitrogens with one attached hydrogen (secondary N) is 1. The smallest absolute Gasteiger partial charge is 0.253 e. The fourth-order valence-corrected chi connectivity index (χ4v) is 3.70. The van der Waals surface area contributed by atoms with Gasteiger partial charge in [-0.15, -0.1) is 0 Å². The molecule has 0 saturated carbocycles. The maximum atomic E-state index is 12.7. The molecule has 0 aliphatic carbocycles. The van der Waals surface area contributed by atoms with Crippen LogP contribution in [-0.2, 0) is 11.2 Å². The second-order valence-electron chi connectivity index (χ2n) is 7.80. The van der Waals surface area contributed by atoms with Crippen molar-refractivity contribution >= 4 is 11.8 Å². The highest BCUT2D eigenvalue weighted by Gasteiger charge is 2.28. The Balaban J connectivity index is 1.43. The van der Waals surface area contributed by atoms with E-state index in [0.29, 0.717) is 26.2 Å². The molecular weight excluding hydrogens is 362 g/mol. The molecule has 1 saturated heterocycles. The molecule has 1 heterocycles. The average Bonchev–Trinajstić information content (AvgIpc) is 2.78. The zero-order valence-electron chi connectivity index (χ0n) is 17.4. The Morgan fingerprint density at radius 3 is 2.10 bits per heavy atom. The van der Waals surface area contributed by atoms with Crippen LogP contribution in [0.15, 0.2) is 60.7 Å². The van der Waals surface area contributed by atoms with Crippen molar-refractivity contribution in [1.82, 2.24) is 15.1 Å². The van der Waals surface area contributed by atoms with Crippen molar-refractivity contribution in [2.75, 3.05) is 26.2 Å². The lowest BCUT2D eigenvalue weighted by Crippen LogP contribution is -2.55. The largest absolute Gasteiger partial charge is 0.352 e. The zero-order chi connectivity index (χ0) is 20.6. The fraction of sp³-hybridized carbons (Fsp3) is 0.417. The Hall–Kier alpha value is -2.66. The summed E-state index contributed by atoms with van der Waals surface area (Å²) in [5, 5.41) is 3.15. The Kier molecular flexibility index (Phi) is 7.42. The average molecular weight is 394 g/mol. The standard InChI is InChI=1S/C24H31N3O2/c1-19(13-14-21-9-5-3-6-10-21)25-23(28)20(2)26-15-17-27(18-16-26)24(29)22-11-7-4-8-12-22/h3-12,19-20H,13-18H2,1-2H3,(H,25,28). The molecule has 0 spiro atoms. The van der Waals surface area contributed by atoms with Gasteiger partial charge in [0.15, 0.2) is 0 Å². The molecule has 1 aliphatic rings. The number of benzene rings is 2. The van der Waals surface area contributed by atoms with Gasteiger partial charge in [0.05, 0.1) is 6.04 Å². The summed E-state index contributed by atoms with van der Waals surface area (Å²) in [6.07, 6.45) is 1.87. The molecule has 3 rings (SSSR count). The van der Waals surface area contributed by atoms with Gasteiger partial charge in [0.2, 0.25) is 5.91 Å². The van der Waals surface area contributed by atoms with Crippen molar-refractivity contribution in [3.05, 3.63) is 71.8 Å². The molecule has 5 heteroatoms. The van der Waals surface area contributed by atoms with E-state index in [4.69, 9.17) is 0 Å². The molecule has 2 aromatic rings. The quantitative estimate of drug-likeness (QED) is 0.787. The highest BCUT2D eigenvalue weighted by atomic mass is 16.2. The summed E-state index contributed by atoms with van der Waals surface area (Å²) in [4.78, 5) is 29.3. The van der Waals surface area contributed by atoms with Gasteiger partial charge < -0.3 is 10.2 Å². The number of hydrogen-bond donors (Lipinski definition) is 1. The van der Waals surface area contributed by atoms with E-state index >= 15 is 0 Å². The van der Waals surface area contributed by atoms with Crippen molar-refractivity contribution in [2.24, 2.45) is 0 Å². The Bertz CT molecular complexity index is 786. The molecular formula is C24H31N3O2. The minimum atomic E-state index is -0.192. The number of hydrogen-bond acceptors (Lipinski definition) is 3. The van der Waals surface area contributed by atoms with Crippen LogP contribution in [0.25, 0.3) is 0 Å². The molecule has 2 unspecified atom stereocenters. The monoisotopic (exact) mass is 393 g/mol. The minimum absolute atomic E-state index is 0.0633. The third-order valence-electron chi connectivity index (χ3n) is 5.65. The maximum absolute atomic E-state index is 12.7. The van der Waals surface area contributed by atoms with E-state index in [2.05, 4.69) is 29.3 Å². The van der Waals surface area contributed by atoms with Gasteiger partial charge in [0, 0.05) is 37.8 Å². The second kappa shape index (κ2) is 10.2. The number of nitrogens with zero attached hydrogens (tertiary/aromatic N) is 2. The first-order valence-corrected chi connectivity index (χ1v) is 10.5. The summed E-state index contributed by atoms with van der Waals surface area (Å²) in [5.74, 6) is 0.130. The molecule has 1 N–H and O–H groups in total. The Labute approximate surface area is 173 Å². The lowest BCUT2D eigenvalue weighted by molar-refractivity contribution is -0.127. The predicted molar refractivity (Wildman–Crippen MR) is 116 cm³/mol. The molecule has 154 valence electrons. The maximum Gasteiger partial charge on any atom is 0.253 e. The van der Waals surface area contributed by atoms with Crippen molar-refractivity contribution in [3.63, 3.8) is 0 Å². The van der Waals surface area contributed by atoms with Gasteiger partial charge in [0.25, 0.3) is 5.91 Å². The number of piperazine rings is 1. The van der Waals surface area contributed by atoms with E-state index in [0.717, 1.165) is 18.4 Å². The van der Waals surface area contributed by atoms with Gasteiger partial charge in [-0.25, -0.2) is 0 Å². The lowest BCUT2D eigenvalue weighted by atomic mass is 10.1. The predicted octanol–water partition coefficient (Wildman–Crippen LogP) is 2.97. The van der Waals surface area contributed by atoms with E-state index in [-0.39, 0.29) is 23.9 Å². The molecule has 0 radical (unpaired) electrons. The summed E-state index contributed by atoms with van der Waals surface area (Å²) in [6.45, 7) is 6.74. The number of carbonyl (C=O) groups is 2. The molecule has 1 aliphatic heterocycles. The first-order chi connectivity index (χ1) is 14.0. The van der Waals surface area contributed by atoms with Crippen LogP contribution in [0.2, 0.25) is 0 Å². The van der Waals surface area contributed by atoms with Gasteiger partial charge in [-0.3, -0.25) is 14.5 Å². The summed E-state index contributed by atoms with van der Waals surface area (Å²) in [5.41, 5.74) is 2.01. The summed E-state index contributed by atoms with van der Waals surface area (Å²) < 4.78 is 0. The van der Waals surface area contributed by atoms with E-state index in [1.807, 2.05) is 60.4 Å². The summed E-state index contributed by atoms with van der Waals surface area (Å²) in [6, 6.07) is 19.7. The van der Waals surface area contributed by atoms with Crippen LogP contribution in [0.4, 0.5) is 0 Å². The van der Waals surface area contributed by atoms with Crippen LogP contribution >= 0.6 is 0 Å². The minimum Gasteiger partial charge on any atom is -0.352 e. The first kappa shape index (κ1) is 21.1. The van der Waals surface area contributed by atoms with E-state index < -0.39 is 0 Å². The van der Waals surface area contributed by atoms with Crippen LogP contribution in [0.5, 0.6) is 0 Å². The SMILES string of the molecule is CC(CCc1ccccc1)NC(=O)C(C)N1CCN(C(=O)c2ccccc2)CC1. The van der Waals surface area contributed by atoms with Crippen LogP contribution in [0, 0.1) is 0 Å². The topological polar surface area (TPSA) is 52.7 Å². The van der Waals surface area contributed by atoms with Crippen molar-refractivity contribution in [2.45, 2.75) is 38.8 Å². The van der Waals surface area contributed by atoms with Crippen molar-refractivity contribution in [3.8, 4) is 0 Å². The molecule has 2 aromatic carbocycles.